The third-order valence-electron chi connectivity index (χ3n) is 7.32. The molecule has 0 aliphatic carbocycles. The minimum Gasteiger partial charge on any atom is -0.478 e. The van der Waals surface area contributed by atoms with Crippen molar-refractivity contribution in [1.29, 1.82) is 0 Å². The van der Waals surface area contributed by atoms with Crippen LogP contribution in [0.1, 0.15) is 96.1 Å². The average Bonchev–Trinajstić information content (AvgIpc) is 2.97. The van der Waals surface area contributed by atoms with Gasteiger partial charge >= 0.3 is 5.97 Å². The summed E-state index contributed by atoms with van der Waals surface area (Å²) < 4.78 is 23.4. The van der Waals surface area contributed by atoms with E-state index in [4.69, 9.17) is 18.9 Å². The normalized spacial score (nSPS) is 18.4. The number of hydrogen-bond acceptors (Lipinski definition) is 7. The number of rotatable bonds is 13. The number of nitrogens with one attached hydrogen (secondary N) is 1. The van der Waals surface area contributed by atoms with Crippen LogP contribution in [0.25, 0.3) is 0 Å². The molecule has 4 rings (SSSR count). The van der Waals surface area contributed by atoms with Crippen molar-refractivity contribution in [3.63, 3.8) is 0 Å². The fraction of sp³-hybridized carbons (Fsp3) is 0.394. The maximum absolute atomic E-state index is 14.5. The molecule has 1 heterocycles. The van der Waals surface area contributed by atoms with Gasteiger partial charge in [-0.15, -0.1) is 0 Å². The SMILES string of the molecule is CCOC(OCC)c1cccc(C2C(=O)c3c(cccc3C(=O)O)NC2(C)c2cccc(C(OCC)OCC)c2)c1. The van der Waals surface area contributed by atoms with Crippen LogP contribution in [0.2, 0.25) is 0 Å². The zero-order valence-electron chi connectivity index (χ0n) is 24.3. The molecule has 0 saturated heterocycles. The van der Waals surface area contributed by atoms with Crippen LogP contribution >= 0.6 is 0 Å². The van der Waals surface area contributed by atoms with Gasteiger partial charge in [0.25, 0.3) is 0 Å². The van der Waals surface area contributed by atoms with Crippen LogP contribution in [0.5, 0.6) is 0 Å². The molecule has 0 saturated carbocycles. The number of fused-ring (bicyclic) bond motifs is 1. The Balaban J connectivity index is 1.92. The Labute approximate surface area is 241 Å². The highest BCUT2D eigenvalue weighted by atomic mass is 16.7. The number of carbonyl (C=O) groups excluding carboxylic acids is 1. The minimum atomic E-state index is -1.15. The molecule has 2 atom stereocenters. The fourth-order valence-corrected chi connectivity index (χ4v) is 5.56. The highest BCUT2D eigenvalue weighted by Crippen LogP contribution is 2.48. The van der Waals surface area contributed by atoms with Crippen molar-refractivity contribution in [2.24, 2.45) is 0 Å². The van der Waals surface area contributed by atoms with Crippen LogP contribution in [0.15, 0.2) is 66.7 Å². The Morgan fingerprint density at radius 1 is 0.829 bits per heavy atom. The lowest BCUT2D eigenvalue weighted by atomic mass is 9.68. The largest absolute Gasteiger partial charge is 0.478 e. The second kappa shape index (κ2) is 13.4. The topological polar surface area (TPSA) is 103 Å². The van der Waals surface area contributed by atoms with Crippen molar-refractivity contribution < 1.29 is 33.6 Å². The lowest BCUT2D eigenvalue weighted by Crippen LogP contribution is -2.46. The predicted molar refractivity (Wildman–Crippen MR) is 156 cm³/mol. The van der Waals surface area contributed by atoms with Crippen molar-refractivity contribution >= 4 is 17.4 Å². The number of carbonyl (C=O) groups is 2. The number of carboxylic acids is 1. The van der Waals surface area contributed by atoms with Crippen LogP contribution in [0, 0.1) is 0 Å². The number of anilines is 1. The second-order valence-corrected chi connectivity index (χ2v) is 9.94. The lowest BCUT2D eigenvalue weighted by molar-refractivity contribution is -0.140. The number of carboxylic acid groups (broad SMARTS) is 1. The zero-order chi connectivity index (χ0) is 29.6. The molecule has 218 valence electrons. The summed E-state index contributed by atoms with van der Waals surface area (Å²) in [5.74, 6) is -2.20. The Bertz CT molecular complexity index is 1360. The van der Waals surface area contributed by atoms with Gasteiger partial charge in [0.1, 0.15) is 0 Å². The third-order valence-corrected chi connectivity index (χ3v) is 7.32. The standard InChI is InChI=1S/C33H39NO7/c1-6-38-31(39-7-2)22-14-10-13-21(19-22)28-29(35)27-25(30(36)37)17-12-18-26(27)34-33(28,5)24-16-11-15-23(20-24)32(40-8-3)41-9-4/h10-20,28,31-32,34H,6-9H2,1-5H3,(H,36,37). The van der Waals surface area contributed by atoms with Gasteiger partial charge in [-0.3, -0.25) is 4.79 Å². The van der Waals surface area contributed by atoms with E-state index in [9.17, 15) is 14.7 Å². The summed E-state index contributed by atoms with van der Waals surface area (Å²) in [5, 5.41) is 13.5. The zero-order valence-corrected chi connectivity index (χ0v) is 24.3. The highest BCUT2D eigenvalue weighted by molar-refractivity contribution is 6.14. The Hall–Kier alpha value is -3.56. The summed E-state index contributed by atoms with van der Waals surface area (Å²) in [6.07, 6.45) is -1.15. The number of aromatic carboxylic acids is 1. The Morgan fingerprint density at radius 3 is 1.93 bits per heavy atom. The molecule has 3 aromatic carbocycles. The van der Waals surface area contributed by atoms with Crippen molar-refractivity contribution in [3.05, 3.63) is 100 Å². The summed E-state index contributed by atoms with van der Waals surface area (Å²) >= 11 is 0. The van der Waals surface area contributed by atoms with Crippen LogP contribution < -0.4 is 5.32 Å². The predicted octanol–water partition coefficient (Wildman–Crippen LogP) is 6.84. The van der Waals surface area contributed by atoms with Gasteiger partial charge < -0.3 is 29.4 Å². The first-order valence-electron chi connectivity index (χ1n) is 14.1. The van der Waals surface area contributed by atoms with E-state index in [1.165, 1.54) is 6.07 Å². The lowest BCUT2D eigenvalue weighted by Gasteiger charge is -2.44. The Kier molecular flexibility index (Phi) is 9.94. The van der Waals surface area contributed by atoms with E-state index in [0.29, 0.717) is 37.7 Å². The molecular formula is C33H39NO7. The summed E-state index contributed by atoms with van der Waals surface area (Å²) in [6, 6.07) is 20.3. The highest BCUT2D eigenvalue weighted by Gasteiger charge is 2.48. The molecule has 0 amide bonds. The molecular weight excluding hydrogens is 522 g/mol. The summed E-state index contributed by atoms with van der Waals surface area (Å²) in [4.78, 5) is 26.7. The first-order chi connectivity index (χ1) is 19.8. The molecule has 1 aliphatic rings. The van der Waals surface area contributed by atoms with Gasteiger partial charge in [-0.1, -0.05) is 42.5 Å². The van der Waals surface area contributed by atoms with E-state index in [1.54, 1.807) is 12.1 Å². The van der Waals surface area contributed by atoms with E-state index in [2.05, 4.69) is 5.32 Å². The maximum Gasteiger partial charge on any atom is 0.336 e. The van der Waals surface area contributed by atoms with Gasteiger partial charge in [-0.05, 0) is 70.0 Å². The van der Waals surface area contributed by atoms with E-state index in [1.807, 2.05) is 83.1 Å². The smallest absolute Gasteiger partial charge is 0.336 e. The van der Waals surface area contributed by atoms with Crippen LogP contribution in [0.3, 0.4) is 0 Å². The van der Waals surface area contributed by atoms with Gasteiger partial charge in [-0.25, -0.2) is 4.79 Å². The van der Waals surface area contributed by atoms with E-state index in [-0.39, 0.29) is 16.9 Å². The molecule has 1 aliphatic heterocycles. The molecule has 0 fully saturated rings. The molecule has 0 radical (unpaired) electrons. The molecule has 0 bridgehead atoms. The second-order valence-electron chi connectivity index (χ2n) is 9.94. The van der Waals surface area contributed by atoms with Gasteiger partial charge in [0.2, 0.25) is 0 Å². The summed E-state index contributed by atoms with van der Waals surface area (Å²) in [6.45, 7) is 11.5. The molecule has 0 spiro atoms. The maximum atomic E-state index is 14.5. The average molecular weight is 562 g/mol. The molecule has 8 nitrogen and oxygen atoms in total. The van der Waals surface area contributed by atoms with Gasteiger partial charge in [0.15, 0.2) is 18.4 Å². The van der Waals surface area contributed by atoms with Gasteiger partial charge in [0, 0.05) is 43.2 Å². The van der Waals surface area contributed by atoms with Crippen molar-refractivity contribution in [2.75, 3.05) is 31.7 Å². The third kappa shape index (κ3) is 6.21. The molecule has 41 heavy (non-hydrogen) atoms. The summed E-state index contributed by atoms with van der Waals surface area (Å²) in [7, 11) is 0. The monoisotopic (exact) mass is 561 g/mol. The van der Waals surface area contributed by atoms with E-state index < -0.39 is 30.0 Å². The van der Waals surface area contributed by atoms with Crippen molar-refractivity contribution in [3.8, 4) is 0 Å². The number of benzene rings is 3. The van der Waals surface area contributed by atoms with Crippen LogP contribution in [-0.2, 0) is 24.5 Å². The van der Waals surface area contributed by atoms with Gasteiger partial charge in [0.05, 0.1) is 22.6 Å². The van der Waals surface area contributed by atoms with Crippen LogP contribution in [-0.4, -0.2) is 43.3 Å². The fourth-order valence-electron chi connectivity index (χ4n) is 5.56. The van der Waals surface area contributed by atoms with Crippen LogP contribution in [0.4, 0.5) is 5.69 Å². The first-order valence-corrected chi connectivity index (χ1v) is 14.1. The quantitative estimate of drug-likeness (QED) is 0.219. The number of ether oxygens (including phenoxy) is 4. The number of hydrogen-bond donors (Lipinski definition) is 2. The van der Waals surface area contributed by atoms with E-state index >= 15 is 0 Å². The van der Waals surface area contributed by atoms with E-state index in [0.717, 1.165) is 16.7 Å². The first kappa shape index (κ1) is 30.4. The molecule has 3 aromatic rings. The molecule has 8 heteroatoms. The minimum absolute atomic E-state index is 0.0359. The Morgan fingerprint density at radius 2 is 1.37 bits per heavy atom. The van der Waals surface area contributed by atoms with Crippen molar-refractivity contribution in [2.45, 2.75) is 58.7 Å². The summed E-state index contributed by atoms with van der Waals surface area (Å²) in [5.41, 5.74) is 2.80. The van der Waals surface area contributed by atoms with Gasteiger partial charge in [-0.2, -0.15) is 0 Å². The molecule has 2 N–H and O–H groups in total. The molecule has 2 unspecified atom stereocenters. The number of Topliss-reactive ketones (excluding diaryl/α,β-unsaturated/α-hetero) is 1. The van der Waals surface area contributed by atoms with Crippen molar-refractivity contribution in [1.82, 2.24) is 0 Å². The molecule has 0 aromatic heterocycles. The number of ketones is 1.